The summed E-state index contributed by atoms with van der Waals surface area (Å²) in [5.41, 5.74) is 3.66. The van der Waals surface area contributed by atoms with E-state index in [0.717, 1.165) is 28.7 Å². The molecule has 15 heavy (non-hydrogen) atoms. The average molecular weight is 204 g/mol. The molecule has 0 aromatic heterocycles. The van der Waals surface area contributed by atoms with E-state index in [-0.39, 0.29) is 5.97 Å². The van der Waals surface area contributed by atoms with Crippen LogP contribution in [0.4, 0.5) is 0 Å². The number of hydrogen-bond acceptors (Lipinski definition) is 2. The first kappa shape index (κ1) is 10.2. The fraction of sp³-hybridized carbons (Fsp3) is 0.462. The summed E-state index contributed by atoms with van der Waals surface area (Å²) in [4.78, 5) is 11.7. The molecule has 1 heterocycles. The van der Waals surface area contributed by atoms with Gasteiger partial charge in [-0.3, -0.25) is 0 Å². The molecule has 1 aliphatic heterocycles. The third-order valence-corrected chi connectivity index (χ3v) is 3.22. The Morgan fingerprint density at radius 1 is 1.33 bits per heavy atom. The number of carbonyl (C=O) groups excluding carboxylic acids is 1. The third-order valence-electron chi connectivity index (χ3n) is 3.22. The predicted octanol–water partition coefficient (Wildman–Crippen LogP) is 3.10. The monoisotopic (exact) mass is 204 g/mol. The number of cyclic esters (lactones) is 1. The van der Waals surface area contributed by atoms with Crippen molar-refractivity contribution < 1.29 is 9.53 Å². The van der Waals surface area contributed by atoms with Crippen molar-refractivity contribution in [3.63, 3.8) is 0 Å². The van der Waals surface area contributed by atoms with E-state index in [1.165, 1.54) is 0 Å². The largest absolute Gasteiger partial charge is 0.451 e. The Bertz CT molecular complexity index is 434. The van der Waals surface area contributed by atoms with Crippen molar-refractivity contribution >= 4 is 5.97 Å². The van der Waals surface area contributed by atoms with E-state index in [1.54, 1.807) is 0 Å². The first-order chi connectivity index (χ1) is 6.98. The molecule has 1 atom stereocenters. The fourth-order valence-electron chi connectivity index (χ4n) is 2.39. The van der Waals surface area contributed by atoms with Gasteiger partial charge in [0.2, 0.25) is 0 Å². The number of ether oxygens (including phenoxy) is 1. The Morgan fingerprint density at radius 2 is 2.00 bits per heavy atom. The van der Waals surface area contributed by atoms with Crippen LogP contribution in [0.2, 0.25) is 0 Å². The molecular formula is C13H16O2. The minimum absolute atomic E-state index is 0.179. The summed E-state index contributed by atoms with van der Waals surface area (Å²) in [6, 6.07) is 4.03. The van der Waals surface area contributed by atoms with E-state index in [9.17, 15) is 4.79 Å². The maximum Gasteiger partial charge on any atom is 0.339 e. The number of rotatable bonds is 1. The SMILES string of the molecule is CCC1(C)OC(=O)c2cc(C)cc(C)c21. The molecule has 0 saturated carbocycles. The molecular weight excluding hydrogens is 188 g/mol. The van der Waals surface area contributed by atoms with Crippen molar-refractivity contribution in [1.29, 1.82) is 0 Å². The number of esters is 1. The van der Waals surface area contributed by atoms with Crippen LogP contribution in [0.25, 0.3) is 0 Å². The van der Waals surface area contributed by atoms with Crippen LogP contribution in [0.1, 0.15) is 47.3 Å². The van der Waals surface area contributed by atoms with Crippen molar-refractivity contribution in [3.8, 4) is 0 Å². The van der Waals surface area contributed by atoms with Crippen molar-refractivity contribution in [1.82, 2.24) is 0 Å². The van der Waals surface area contributed by atoms with Crippen LogP contribution in [-0.2, 0) is 10.3 Å². The zero-order valence-corrected chi connectivity index (χ0v) is 9.68. The molecule has 0 fully saturated rings. The van der Waals surface area contributed by atoms with Gasteiger partial charge >= 0.3 is 5.97 Å². The van der Waals surface area contributed by atoms with Crippen molar-refractivity contribution in [2.24, 2.45) is 0 Å². The highest BCUT2D eigenvalue weighted by Gasteiger charge is 2.41. The van der Waals surface area contributed by atoms with Crippen molar-refractivity contribution in [2.75, 3.05) is 0 Å². The van der Waals surface area contributed by atoms with Crippen molar-refractivity contribution in [3.05, 3.63) is 34.4 Å². The van der Waals surface area contributed by atoms with Gasteiger partial charge in [0, 0.05) is 5.56 Å². The number of benzene rings is 1. The lowest BCUT2D eigenvalue weighted by Gasteiger charge is -2.23. The van der Waals surface area contributed by atoms with Crippen LogP contribution < -0.4 is 0 Å². The zero-order valence-electron chi connectivity index (χ0n) is 9.68. The Kier molecular flexibility index (Phi) is 2.10. The molecule has 0 saturated heterocycles. The second-order valence-corrected chi connectivity index (χ2v) is 4.48. The van der Waals surface area contributed by atoms with E-state index in [1.807, 2.05) is 33.8 Å². The summed E-state index contributed by atoms with van der Waals surface area (Å²) in [7, 11) is 0. The maximum atomic E-state index is 11.7. The molecule has 0 bridgehead atoms. The molecule has 1 aromatic rings. The summed E-state index contributed by atoms with van der Waals surface area (Å²) in [5.74, 6) is -0.179. The number of aryl methyl sites for hydroxylation is 2. The average Bonchev–Trinajstić information content (AvgIpc) is 2.39. The van der Waals surface area contributed by atoms with Gasteiger partial charge in [-0.15, -0.1) is 0 Å². The molecule has 0 aliphatic carbocycles. The van der Waals surface area contributed by atoms with Crippen molar-refractivity contribution in [2.45, 2.75) is 39.7 Å². The molecule has 1 aromatic carbocycles. The van der Waals surface area contributed by atoms with E-state index in [2.05, 4.69) is 6.07 Å². The van der Waals surface area contributed by atoms with Gasteiger partial charge in [-0.2, -0.15) is 0 Å². The maximum absolute atomic E-state index is 11.7. The summed E-state index contributed by atoms with van der Waals surface area (Å²) < 4.78 is 5.47. The van der Waals surface area contributed by atoms with Gasteiger partial charge in [0.05, 0.1) is 5.56 Å². The lowest BCUT2D eigenvalue weighted by Crippen LogP contribution is -2.21. The minimum Gasteiger partial charge on any atom is -0.451 e. The zero-order chi connectivity index (χ0) is 11.2. The smallest absolute Gasteiger partial charge is 0.339 e. The lowest BCUT2D eigenvalue weighted by atomic mass is 9.87. The Labute approximate surface area is 90.3 Å². The highest BCUT2D eigenvalue weighted by atomic mass is 16.6. The fourth-order valence-corrected chi connectivity index (χ4v) is 2.39. The molecule has 0 radical (unpaired) electrons. The quantitative estimate of drug-likeness (QED) is 0.657. The molecule has 1 unspecified atom stereocenters. The normalized spacial score (nSPS) is 23.9. The highest BCUT2D eigenvalue weighted by Crippen LogP contribution is 2.40. The van der Waals surface area contributed by atoms with Crippen LogP contribution in [0.5, 0.6) is 0 Å². The minimum atomic E-state index is -0.426. The van der Waals surface area contributed by atoms with Crippen LogP contribution in [0.3, 0.4) is 0 Å². The Balaban J connectivity index is 2.71. The van der Waals surface area contributed by atoms with E-state index < -0.39 is 5.60 Å². The Hall–Kier alpha value is -1.31. The first-order valence-electron chi connectivity index (χ1n) is 5.33. The van der Waals surface area contributed by atoms with E-state index in [4.69, 9.17) is 4.74 Å². The van der Waals surface area contributed by atoms with Gasteiger partial charge in [-0.05, 0) is 44.4 Å². The Morgan fingerprint density at radius 3 is 2.60 bits per heavy atom. The van der Waals surface area contributed by atoms with E-state index in [0.29, 0.717) is 0 Å². The van der Waals surface area contributed by atoms with Gasteiger partial charge in [0.15, 0.2) is 0 Å². The molecule has 2 heteroatoms. The molecule has 0 amide bonds. The second kappa shape index (κ2) is 3.09. The number of fused-ring (bicyclic) bond motifs is 1. The van der Waals surface area contributed by atoms with Gasteiger partial charge in [-0.25, -0.2) is 4.79 Å². The highest BCUT2D eigenvalue weighted by molar-refractivity contribution is 5.95. The summed E-state index contributed by atoms with van der Waals surface area (Å²) in [6.45, 7) is 8.07. The summed E-state index contributed by atoms with van der Waals surface area (Å²) in [5, 5.41) is 0. The van der Waals surface area contributed by atoms with Crippen LogP contribution in [0, 0.1) is 13.8 Å². The van der Waals surface area contributed by atoms with E-state index >= 15 is 0 Å². The third kappa shape index (κ3) is 1.36. The number of carbonyl (C=O) groups is 1. The first-order valence-corrected chi connectivity index (χ1v) is 5.33. The predicted molar refractivity (Wildman–Crippen MR) is 59.0 cm³/mol. The lowest BCUT2D eigenvalue weighted by molar-refractivity contribution is -0.000951. The molecule has 2 nitrogen and oxygen atoms in total. The van der Waals surface area contributed by atoms with Crippen LogP contribution >= 0.6 is 0 Å². The molecule has 0 spiro atoms. The molecule has 80 valence electrons. The van der Waals surface area contributed by atoms with Gasteiger partial charge in [0.25, 0.3) is 0 Å². The van der Waals surface area contributed by atoms with Gasteiger partial charge < -0.3 is 4.74 Å². The number of hydrogen-bond donors (Lipinski definition) is 0. The molecule has 1 aliphatic rings. The van der Waals surface area contributed by atoms with Crippen LogP contribution in [0.15, 0.2) is 12.1 Å². The summed E-state index contributed by atoms with van der Waals surface area (Å²) >= 11 is 0. The standard InChI is InChI=1S/C13H16O2/c1-5-13(4)11-9(3)6-8(2)7-10(11)12(14)15-13/h6-7H,5H2,1-4H3. The van der Waals surface area contributed by atoms with Gasteiger partial charge in [0.1, 0.15) is 5.60 Å². The molecule has 2 rings (SSSR count). The molecule has 0 N–H and O–H groups in total. The van der Waals surface area contributed by atoms with Crippen LogP contribution in [-0.4, -0.2) is 5.97 Å². The topological polar surface area (TPSA) is 26.3 Å². The summed E-state index contributed by atoms with van der Waals surface area (Å²) in [6.07, 6.45) is 0.815. The van der Waals surface area contributed by atoms with Gasteiger partial charge in [-0.1, -0.05) is 13.0 Å². The second-order valence-electron chi connectivity index (χ2n) is 4.48.